The van der Waals surface area contributed by atoms with Crippen LogP contribution in [0.25, 0.3) is 0 Å². The van der Waals surface area contributed by atoms with E-state index in [0.717, 1.165) is 12.0 Å². The van der Waals surface area contributed by atoms with Crippen LogP contribution < -0.4 is 0 Å². The van der Waals surface area contributed by atoms with Gasteiger partial charge in [-0.15, -0.1) is 11.8 Å². The Morgan fingerprint density at radius 1 is 1.20 bits per heavy atom. The second-order valence-corrected chi connectivity index (χ2v) is 6.29. The van der Waals surface area contributed by atoms with Crippen molar-refractivity contribution < 1.29 is 4.92 Å². The Balaban J connectivity index is 2.14. The summed E-state index contributed by atoms with van der Waals surface area (Å²) in [6.45, 7) is 0. The van der Waals surface area contributed by atoms with Gasteiger partial charge in [0.2, 0.25) is 0 Å². The molecule has 1 unspecified atom stereocenters. The van der Waals surface area contributed by atoms with Gasteiger partial charge in [0.25, 0.3) is 5.69 Å². The molecule has 0 fully saturated rings. The van der Waals surface area contributed by atoms with Crippen molar-refractivity contribution in [2.75, 3.05) is 6.26 Å². The van der Waals surface area contributed by atoms with Crippen LogP contribution in [0.4, 0.5) is 5.69 Å². The molecule has 1 atom stereocenters. The van der Waals surface area contributed by atoms with Crippen molar-refractivity contribution in [2.45, 2.75) is 16.1 Å². The Bertz CT molecular complexity index is 601. The summed E-state index contributed by atoms with van der Waals surface area (Å²) in [5.41, 5.74) is 2.45. The molecule has 0 aliphatic carbocycles. The largest absolute Gasteiger partial charge is 0.269 e. The Morgan fingerprint density at radius 2 is 1.85 bits per heavy atom. The van der Waals surface area contributed by atoms with Crippen LogP contribution in [0.2, 0.25) is 0 Å². The molecule has 2 aromatic carbocycles. The van der Waals surface area contributed by atoms with Gasteiger partial charge >= 0.3 is 0 Å². The number of nitrogens with zero attached hydrogens (tertiary/aromatic N) is 1. The summed E-state index contributed by atoms with van der Waals surface area (Å²) < 4.78 is 0. The molecular weight excluding hydrogens is 338 g/mol. The van der Waals surface area contributed by atoms with Crippen LogP contribution in [-0.2, 0) is 6.42 Å². The fourth-order valence-corrected chi connectivity index (χ4v) is 3.58. The van der Waals surface area contributed by atoms with Gasteiger partial charge in [-0.3, -0.25) is 10.1 Å². The monoisotopic (exact) mass is 351 g/mol. The number of rotatable bonds is 5. The van der Waals surface area contributed by atoms with Crippen molar-refractivity contribution in [3.05, 3.63) is 69.8 Å². The number of benzene rings is 2. The minimum Gasteiger partial charge on any atom is -0.258 e. The van der Waals surface area contributed by atoms with E-state index in [-0.39, 0.29) is 15.4 Å². The summed E-state index contributed by atoms with van der Waals surface area (Å²) in [7, 11) is 0. The molecule has 0 heterocycles. The third-order valence-corrected chi connectivity index (χ3v) is 4.67. The number of non-ortho nitro benzene ring substituents is 1. The quantitative estimate of drug-likeness (QED) is 0.329. The lowest BCUT2D eigenvalue weighted by atomic mass is 10.0. The second kappa shape index (κ2) is 6.90. The van der Waals surface area contributed by atoms with Gasteiger partial charge in [-0.1, -0.05) is 46.3 Å². The van der Waals surface area contributed by atoms with Crippen LogP contribution in [0.1, 0.15) is 16.0 Å². The normalized spacial score (nSPS) is 12.1. The van der Waals surface area contributed by atoms with Crippen LogP contribution in [0, 0.1) is 10.1 Å². The lowest BCUT2D eigenvalue weighted by molar-refractivity contribution is -0.384. The number of hydrogen-bond acceptors (Lipinski definition) is 3. The molecule has 0 saturated carbocycles. The smallest absolute Gasteiger partial charge is 0.258 e. The molecule has 20 heavy (non-hydrogen) atoms. The van der Waals surface area contributed by atoms with Crippen molar-refractivity contribution in [3.8, 4) is 0 Å². The maximum absolute atomic E-state index is 10.6. The zero-order valence-electron chi connectivity index (χ0n) is 11.0. The first-order valence-corrected chi connectivity index (χ1v) is 8.26. The molecule has 0 N–H and O–H groups in total. The second-order valence-electron chi connectivity index (χ2n) is 4.34. The van der Waals surface area contributed by atoms with Crippen LogP contribution >= 0.6 is 27.7 Å². The molecule has 3 nitrogen and oxygen atoms in total. The predicted octanol–water partition coefficient (Wildman–Crippen LogP) is 5.00. The van der Waals surface area contributed by atoms with Gasteiger partial charge in [0.1, 0.15) is 0 Å². The van der Waals surface area contributed by atoms with Crippen LogP contribution in [-0.4, -0.2) is 11.2 Å². The van der Waals surface area contributed by atoms with E-state index in [1.54, 1.807) is 23.9 Å². The van der Waals surface area contributed by atoms with Gasteiger partial charge < -0.3 is 0 Å². The first kappa shape index (κ1) is 15.1. The first-order valence-electron chi connectivity index (χ1n) is 6.12. The highest BCUT2D eigenvalue weighted by Crippen LogP contribution is 2.33. The summed E-state index contributed by atoms with van der Waals surface area (Å²) in [4.78, 5) is 11.7. The Hall–Kier alpha value is -1.33. The van der Waals surface area contributed by atoms with E-state index >= 15 is 0 Å². The molecule has 104 valence electrons. The average molecular weight is 352 g/mol. The third-order valence-electron chi connectivity index (χ3n) is 3.04. The lowest BCUT2D eigenvalue weighted by Crippen LogP contribution is -1.97. The van der Waals surface area contributed by atoms with Crippen molar-refractivity contribution in [3.63, 3.8) is 0 Å². The molecule has 0 aliphatic heterocycles. The molecule has 2 rings (SSSR count). The molecule has 0 aromatic heterocycles. The van der Waals surface area contributed by atoms with Crippen molar-refractivity contribution in [1.82, 2.24) is 0 Å². The van der Waals surface area contributed by atoms with E-state index in [1.807, 2.05) is 24.3 Å². The fourth-order valence-electron chi connectivity index (χ4n) is 2.00. The van der Waals surface area contributed by atoms with Crippen LogP contribution in [0.5, 0.6) is 0 Å². The molecular formula is C15H14BrNO2S. The van der Waals surface area contributed by atoms with E-state index in [1.165, 1.54) is 10.5 Å². The minimum absolute atomic E-state index is 0.129. The summed E-state index contributed by atoms with van der Waals surface area (Å²) >= 11 is 5.44. The zero-order chi connectivity index (χ0) is 14.5. The Kier molecular flexibility index (Phi) is 5.20. The molecule has 0 aliphatic rings. The highest BCUT2D eigenvalue weighted by atomic mass is 79.9. The molecule has 0 spiro atoms. The van der Waals surface area contributed by atoms with Crippen molar-refractivity contribution in [1.29, 1.82) is 0 Å². The maximum Gasteiger partial charge on any atom is 0.269 e. The van der Waals surface area contributed by atoms with Crippen molar-refractivity contribution >= 4 is 33.4 Å². The van der Waals surface area contributed by atoms with Gasteiger partial charge in [-0.05, 0) is 29.9 Å². The zero-order valence-corrected chi connectivity index (χ0v) is 13.4. The van der Waals surface area contributed by atoms with E-state index in [4.69, 9.17) is 0 Å². The Labute approximate surface area is 130 Å². The molecule has 0 amide bonds. The standard InChI is InChI=1S/C15H14BrNO2S/c1-20-15-5-3-2-4-13(15)14(16)10-11-6-8-12(9-7-11)17(18)19/h2-9,14H,10H2,1H3. The van der Waals surface area contributed by atoms with E-state index in [9.17, 15) is 10.1 Å². The van der Waals surface area contributed by atoms with Gasteiger partial charge in [0, 0.05) is 21.9 Å². The molecule has 0 radical (unpaired) electrons. The van der Waals surface area contributed by atoms with Gasteiger partial charge in [0.15, 0.2) is 0 Å². The fraction of sp³-hybridized carbons (Fsp3) is 0.200. The highest BCUT2D eigenvalue weighted by molar-refractivity contribution is 9.09. The van der Waals surface area contributed by atoms with Gasteiger partial charge in [-0.25, -0.2) is 0 Å². The lowest BCUT2D eigenvalue weighted by Gasteiger charge is -2.13. The molecule has 0 bridgehead atoms. The third kappa shape index (κ3) is 3.61. The SMILES string of the molecule is CSc1ccccc1C(Br)Cc1ccc([N+](=O)[O-])cc1. The minimum atomic E-state index is -0.377. The number of thioether (sulfide) groups is 1. The molecule has 0 saturated heterocycles. The van der Waals surface area contributed by atoms with E-state index in [0.29, 0.717) is 0 Å². The average Bonchev–Trinajstić information content (AvgIpc) is 2.47. The first-order chi connectivity index (χ1) is 9.61. The van der Waals surface area contributed by atoms with Crippen LogP contribution in [0.3, 0.4) is 0 Å². The highest BCUT2D eigenvalue weighted by Gasteiger charge is 2.13. The van der Waals surface area contributed by atoms with E-state index < -0.39 is 0 Å². The summed E-state index contributed by atoms with van der Waals surface area (Å²) in [6, 6.07) is 15.0. The van der Waals surface area contributed by atoms with Gasteiger partial charge in [0.05, 0.1) is 4.92 Å². The maximum atomic E-state index is 10.6. The number of nitro benzene ring substituents is 1. The predicted molar refractivity (Wildman–Crippen MR) is 86.7 cm³/mol. The number of alkyl halides is 1. The number of hydrogen-bond donors (Lipinski definition) is 0. The van der Waals surface area contributed by atoms with Gasteiger partial charge in [-0.2, -0.15) is 0 Å². The summed E-state index contributed by atoms with van der Waals surface area (Å²) in [6.07, 6.45) is 2.86. The molecule has 2 aromatic rings. The Morgan fingerprint density at radius 3 is 2.45 bits per heavy atom. The number of halogens is 1. The topological polar surface area (TPSA) is 43.1 Å². The molecule has 5 heteroatoms. The van der Waals surface area contributed by atoms with Crippen LogP contribution in [0.15, 0.2) is 53.4 Å². The summed E-state index contributed by atoms with van der Waals surface area (Å²) in [5, 5.41) is 10.6. The van der Waals surface area contributed by atoms with Crippen molar-refractivity contribution in [2.24, 2.45) is 0 Å². The van der Waals surface area contributed by atoms with E-state index in [2.05, 4.69) is 34.3 Å². The number of nitro groups is 1. The summed E-state index contributed by atoms with van der Waals surface area (Å²) in [5.74, 6) is 0.